The molecule has 0 saturated carbocycles. The van der Waals surface area contributed by atoms with Crippen LogP contribution >= 0.6 is 26.5 Å². The number of benzene rings is 2. The van der Waals surface area contributed by atoms with Crippen molar-refractivity contribution >= 4 is 48.3 Å². The van der Waals surface area contributed by atoms with Crippen molar-refractivity contribution in [2.75, 3.05) is 5.32 Å². The molecule has 14 heteroatoms. The third-order valence-electron chi connectivity index (χ3n) is 5.13. The fourth-order valence-corrected chi connectivity index (χ4v) is 6.43. The lowest BCUT2D eigenvalue weighted by Gasteiger charge is -2.21. The number of rotatable bonds is 9. The monoisotopic (exact) mass is 551 g/mol. The second kappa shape index (κ2) is 10.3. The van der Waals surface area contributed by atoms with Crippen molar-refractivity contribution in [3.63, 3.8) is 0 Å². The van der Waals surface area contributed by atoms with Crippen molar-refractivity contribution in [1.29, 1.82) is 0 Å². The normalized spacial score (nSPS) is 12.3. The maximum Gasteiger partial charge on any atom is 0.360 e. The zero-order valence-electron chi connectivity index (χ0n) is 18.4. The Kier molecular flexibility index (Phi) is 7.49. The number of ketones is 1. The van der Waals surface area contributed by atoms with Crippen LogP contribution in [0.5, 0.6) is 0 Å². The van der Waals surface area contributed by atoms with Gasteiger partial charge in [0.15, 0.2) is 5.82 Å². The number of nitrogens with one attached hydrogen (secondary N) is 1. The molecule has 0 saturated heterocycles. The molecule has 2 aromatic carbocycles. The molecule has 4 rings (SSSR count). The molecule has 2 aromatic heterocycles. The highest BCUT2D eigenvalue weighted by Gasteiger charge is 2.44. The second-order valence-electron chi connectivity index (χ2n) is 7.95. The molecule has 36 heavy (non-hydrogen) atoms. The van der Waals surface area contributed by atoms with E-state index in [2.05, 4.69) is 15.3 Å². The number of hydrogen-bond donors (Lipinski definition) is 5. The van der Waals surface area contributed by atoms with Crippen LogP contribution in [0.3, 0.4) is 0 Å². The molecule has 0 atom stereocenters. The molecule has 5 N–H and O–H groups in total. The zero-order chi connectivity index (χ0) is 26.1. The van der Waals surface area contributed by atoms with Crippen LogP contribution < -0.4 is 5.32 Å². The van der Waals surface area contributed by atoms with Crippen LogP contribution in [0, 0.1) is 5.82 Å². The van der Waals surface area contributed by atoms with E-state index < -0.39 is 20.7 Å². The maximum atomic E-state index is 13.1. The van der Waals surface area contributed by atoms with Gasteiger partial charge in [-0.3, -0.25) is 13.9 Å². The molecular formula is C22H20FN3O7P2S. The molecule has 0 spiro atoms. The number of carbonyl (C=O) groups excluding carboxylic acids is 1. The van der Waals surface area contributed by atoms with Crippen LogP contribution in [0.25, 0.3) is 21.6 Å². The highest BCUT2D eigenvalue weighted by molar-refractivity contribution is 7.71. The van der Waals surface area contributed by atoms with Crippen molar-refractivity contribution in [2.45, 2.75) is 18.4 Å². The smallest absolute Gasteiger partial charge is 0.346 e. The summed E-state index contributed by atoms with van der Waals surface area (Å²) in [4.78, 5) is 59.7. The molecule has 0 aliphatic carbocycles. The Morgan fingerprint density at radius 3 is 2.28 bits per heavy atom. The lowest BCUT2D eigenvalue weighted by Crippen LogP contribution is -2.21. The molecule has 0 aliphatic heterocycles. The fraction of sp³-hybridized carbons (Fsp3) is 0.136. The molecule has 0 radical (unpaired) electrons. The largest absolute Gasteiger partial charge is 0.360 e. The Hall–Kier alpha value is -2.82. The van der Waals surface area contributed by atoms with Crippen molar-refractivity contribution in [2.24, 2.45) is 0 Å². The lowest BCUT2D eigenvalue weighted by molar-refractivity contribution is -0.117. The predicted octanol–water partition coefficient (Wildman–Crippen LogP) is 3.90. The van der Waals surface area contributed by atoms with Gasteiger partial charge in [0.25, 0.3) is 0 Å². The highest BCUT2D eigenvalue weighted by Crippen LogP contribution is 2.59. The maximum absolute atomic E-state index is 13.1. The van der Waals surface area contributed by atoms with Crippen LogP contribution in [0.1, 0.15) is 11.1 Å². The first-order valence-corrected chi connectivity index (χ1v) is 14.6. The Balaban J connectivity index is 1.63. The third-order valence-corrected chi connectivity index (χ3v) is 9.27. The standard InChI is InChI=1S/C22H20FN3O7P2S/c23-16-6-4-13(5-7-16)11-17(27)12-14-2-1-3-15(10-14)19-24-20(18-8-9-36-21(18)25-19)26-22(34(28,29)30)35(31,32)33/h1-10,22H,11-12H2,(H,24,25,26)(H2,28,29,30)(H2,31,32,33). The predicted molar refractivity (Wildman–Crippen MR) is 133 cm³/mol. The van der Waals surface area contributed by atoms with Gasteiger partial charge in [-0.1, -0.05) is 30.3 Å². The zero-order valence-corrected chi connectivity index (χ0v) is 21.0. The molecule has 0 aliphatic rings. The number of anilines is 1. The first kappa shape index (κ1) is 26.2. The van der Waals surface area contributed by atoms with Gasteiger partial charge in [-0.25, -0.2) is 14.4 Å². The SMILES string of the molecule is O=C(Cc1ccc(F)cc1)Cc1cccc(-c2nc(NC(P(=O)(O)O)P(=O)(O)O)c3ccsc3n2)c1. The summed E-state index contributed by atoms with van der Waals surface area (Å²) >= 11 is 1.21. The van der Waals surface area contributed by atoms with Gasteiger partial charge in [0.2, 0.25) is 5.52 Å². The van der Waals surface area contributed by atoms with Crippen LogP contribution in [0.15, 0.2) is 60.0 Å². The minimum Gasteiger partial charge on any atom is -0.346 e. The van der Waals surface area contributed by atoms with Crippen molar-refractivity contribution in [3.05, 3.63) is 76.9 Å². The number of halogens is 1. The van der Waals surface area contributed by atoms with E-state index in [9.17, 15) is 37.9 Å². The summed E-state index contributed by atoms with van der Waals surface area (Å²) in [5.74, 6) is -0.494. The van der Waals surface area contributed by atoms with E-state index in [0.29, 0.717) is 26.9 Å². The molecule has 0 unspecified atom stereocenters. The molecule has 10 nitrogen and oxygen atoms in total. The van der Waals surface area contributed by atoms with Gasteiger partial charge in [-0.15, -0.1) is 11.3 Å². The number of nitrogens with zero attached hydrogens (tertiary/aromatic N) is 2. The third kappa shape index (κ3) is 6.29. The lowest BCUT2D eigenvalue weighted by atomic mass is 10.0. The number of aromatic nitrogens is 2. The minimum absolute atomic E-state index is 0.0933. The summed E-state index contributed by atoms with van der Waals surface area (Å²) in [5, 5.41) is 4.21. The Bertz CT molecular complexity index is 1500. The van der Waals surface area contributed by atoms with Gasteiger partial charge in [0.05, 0.1) is 5.39 Å². The van der Waals surface area contributed by atoms with Crippen LogP contribution in [0.2, 0.25) is 0 Å². The molecule has 188 valence electrons. The molecule has 0 bridgehead atoms. The van der Waals surface area contributed by atoms with E-state index in [0.717, 1.165) is 0 Å². The topological polar surface area (TPSA) is 170 Å². The molecular weight excluding hydrogens is 531 g/mol. The number of Topliss-reactive ketones (excluding diaryl/α,β-unsaturated/α-hetero) is 1. The summed E-state index contributed by atoms with van der Waals surface area (Å²) in [6.45, 7) is 0. The van der Waals surface area contributed by atoms with E-state index in [1.54, 1.807) is 47.8 Å². The molecule has 0 fully saturated rings. The van der Waals surface area contributed by atoms with Gasteiger partial charge in [-0.05, 0) is 40.8 Å². The summed E-state index contributed by atoms with van der Waals surface area (Å²) < 4.78 is 36.6. The van der Waals surface area contributed by atoms with Gasteiger partial charge < -0.3 is 24.9 Å². The first-order valence-electron chi connectivity index (χ1n) is 10.4. The van der Waals surface area contributed by atoms with Crippen molar-refractivity contribution < 1.29 is 37.9 Å². The van der Waals surface area contributed by atoms with Crippen LogP contribution in [-0.4, -0.2) is 40.8 Å². The van der Waals surface area contributed by atoms with E-state index in [1.165, 1.54) is 23.5 Å². The number of hydrogen-bond acceptors (Lipinski definition) is 7. The Morgan fingerprint density at radius 1 is 0.944 bits per heavy atom. The van der Waals surface area contributed by atoms with Gasteiger partial charge in [0.1, 0.15) is 22.2 Å². The Morgan fingerprint density at radius 2 is 1.61 bits per heavy atom. The van der Waals surface area contributed by atoms with Crippen molar-refractivity contribution in [1.82, 2.24) is 9.97 Å². The van der Waals surface area contributed by atoms with Crippen LogP contribution in [-0.2, 0) is 26.8 Å². The van der Waals surface area contributed by atoms with E-state index in [1.807, 2.05) is 0 Å². The fourth-order valence-electron chi connectivity index (χ4n) is 3.52. The average Bonchev–Trinajstić information content (AvgIpc) is 3.26. The number of carbonyl (C=O) groups is 1. The summed E-state index contributed by atoms with van der Waals surface area (Å²) in [5.41, 5.74) is -0.646. The molecule has 2 heterocycles. The van der Waals surface area contributed by atoms with E-state index in [4.69, 9.17) is 0 Å². The summed E-state index contributed by atoms with van der Waals surface area (Å²) in [6, 6.07) is 14.0. The summed E-state index contributed by atoms with van der Waals surface area (Å²) in [6.07, 6.45) is 0.221. The number of thiophene rings is 1. The van der Waals surface area contributed by atoms with Crippen molar-refractivity contribution in [3.8, 4) is 11.4 Å². The first-order chi connectivity index (χ1) is 16.9. The average molecular weight is 551 g/mol. The summed E-state index contributed by atoms with van der Waals surface area (Å²) in [7, 11) is -10.5. The second-order valence-corrected chi connectivity index (χ2v) is 12.6. The van der Waals surface area contributed by atoms with Gasteiger partial charge in [0, 0.05) is 18.4 Å². The highest BCUT2D eigenvalue weighted by atomic mass is 32.1. The number of fused-ring (bicyclic) bond motifs is 1. The van der Waals surface area contributed by atoms with Crippen LogP contribution in [0.4, 0.5) is 10.2 Å². The Labute approximate surface area is 208 Å². The molecule has 0 amide bonds. The van der Waals surface area contributed by atoms with E-state index in [-0.39, 0.29) is 36.1 Å². The van der Waals surface area contributed by atoms with E-state index >= 15 is 0 Å². The minimum atomic E-state index is -5.25. The molecule has 4 aromatic rings. The van der Waals surface area contributed by atoms with Gasteiger partial charge in [-0.2, -0.15) is 0 Å². The van der Waals surface area contributed by atoms with Gasteiger partial charge >= 0.3 is 15.2 Å². The quantitative estimate of drug-likeness (QED) is 0.192.